The predicted molar refractivity (Wildman–Crippen MR) is 133 cm³/mol. The molecule has 0 atom stereocenters. The van der Waals surface area contributed by atoms with Crippen molar-refractivity contribution in [1.82, 2.24) is 4.98 Å². The second kappa shape index (κ2) is 9.35. The van der Waals surface area contributed by atoms with E-state index in [0.717, 1.165) is 17.5 Å². The number of nitrogens with zero attached hydrogens (tertiary/aromatic N) is 1. The fraction of sp³-hybridized carbons (Fsp3) is 0.0400. The summed E-state index contributed by atoms with van der Waals surface area (Å²) in [6.07, 6.45) is 2.81. The van der Waals surface area contributed by atoms with Crippen molar-refractivity contribution >= 4 is 44.6 Å². The molecule has 0 bridgehead atoms. The molecule has 8 heteroatoms. The third-order valence-corrected chi connectivity index (χ3v) is 6.92. The van der Waals surface area contributed by atoms with Crippen LogP contribution in [0, 0.1) is 0 Å². The van der Waals surface area contributed by atoms with Gasteiger partial charge in [0.25, 0.3) is 5.91 Å². The molecule has 0 aliphatic rings. The van der Waals surface area contributed by atoms with Crippen molar-refractivity contribution in [2.45, 2.75) is 4.90 Å². The highest BCUT2D eigenvalue weighted by Crippen LogP contribution is 2.36. The lowest BCUT2D eigenvalue weighted by atomic mass is 9.99. The summed E-state index contributed by atoms with van der Waals surface area (Å²) in [5.74, 6) is -0.417. The molecular formula is C25H18Cl2N2O3S. The van der Waals surface area contributed by atoms with Crippen molar-refractivity contribution in [3.05, 3.63) is 101 Å². The highest BCUT2D eigenvalue weighted by atomic mass is 35.5. The second-order valence-corrected chi connectivity index (χ2v) is 10.1. The number of hydrogen-bond donors (Lipinski definition) is 1. The van der Waals surface area contributed by atoms with Crippen molar-refractivity contribution in [3.8, 4) is 22.4 Å². The number of sulfone groups is 1. The zero-order valence-electron chi connectivity index (χ0n) is 17.4. The summed E-state index contributed by atoms with van der Waals surface area (Å²) >= 11 is 12.6. The maximum absolute atomic E-state index is 13.3. The summed E-state index contributed by atoms with van der Waals surface area (Å²) in [7, 11) is -3.51. The predicted octanol–water partition coefficient (Wildman–Crippen LogP) is 6.38. The number of hydrogen-bond acceptors (Lipinski definition) is 4. The topological polar surface area (TPSA) is 76.1 Å². The first-order valence-electron chi connectivity index (χ1n) is 9.85. The van der Waals surface area contributed by atoms with Gasteiger partial charge in [-0.2, -0.15) is 0 Å². The molecule has 1 heterocycles. The molecule has 1 N–H and O–H groups in total. The Balaban J connectivity index is 1.76. The maximum atomic E-state index is 13.3. The van der Waals surface area contributed by atoms with Gasteiger partial charge in [-0.05, 0) is 54.1 Å². The molecule has 33 heavy (non-hydrogen) atoms. The minimum absolute atomic E-state index is 0.0715. The van der Waals surface area contributed by atoms with Crippen LogP contribution in [0.15, 0.2) is 90.0 Å². The Morgan fingerprint density at radius 1 is 0.879 bits per heavy atom. The van der Waals surface area contributed by atoms with Gasteiger partial charge in [-0.1, -0.05) is 53.5 Å². The average Bonchev–Trinajstić information content (AvgIpc) is 2.80. The molecule has 0 unspecified atom stereocenters. The van der Waals surface area contributed by atoms with Crippen LogP contribution in [0.4, 0.5) is 5.69 Å². The van der Waals surface area contributed by atoms with Crippen LogP contribution in [0.1, 0.15) is 10.4 Å². The van der Waals surface area contributed by atoms with Crippen LogP contribution in [0.5, 0.6) is 0 Å². The molecule has 0 fully saturated rings. The largest absolute Gasteiger partial charge is 0.322 e. The van der Waals surface area contributed by atoms with E-state index in [-0.39, 0.29) is 15.5 Å². The minimum atomic E-state index is -3.51. The smallest absolute Gasteiger partial charge is 0.256 e. The van der Waals surface area contributed by atoms with Crippen LogP contribution in [0.2, 0.25) is 10.0 Å². The van der Waals surface area contributed by atoms with E-state index >= 15 is 0 Å². The molecule has 3 aromatic carbocycles. The number of anilines is 1. The van der Waals surface area contributed by atoms with Crippen molar-refractivity contribution in [2.24, 2.45) is 0 Å². The molecule has 1 amide bonds. The van der Waals surface area contributed by atoms with Crippen molar-refractivity contribution in [1.29, 1.82) is 0 Å². The van der Waals surface area contributed by atoms with E-state index in [9.17, 15) is 13.2 Å². The summed E-state index contributed by atoms with van der Waals surface area (Å²) in [4.78, 5) is 17.7. The third kappa shape index (κ3) is 5.09. The van der Waals surface area contributed by atoms with Crippen molar-refractivity contribution in [2.75, 3.05) is 11.6 Å². The van der Waals surface area contributed by atoms with Gasteiger partial charge in [0.05, 0.1) is 20.6 Å². The number of carbonyl (C=O) groups is 1. The monoisotopic (exact) mass is 496 g/mol. The number of aromatic nitrogens is 1. The summed E-state index contributed by atoms with van der Waals surface area (Å²) in [5, 5.41) is 3.41. The van der Waals surface area contributed by atoms with Gasteiger partial charge in [-0.15, -0.1) is 0 Å². The Bertz CT molecular complexity index is 1460. The van der Waals surface area contributed by atoms with Gasteiger partial charge < -0.3 is 5.32 Å². The molecule has 4 aromatic rings. The first-order valence-corrected chi connectivity index (χ1v) is 12.5. The number of rotatable bonds is 5. The first-order chi connectivity index (χ1) is 15.7. The fourth-order valence-electron chi connectivity index (χ4n) is 3.37. The van der Waals surface area contributed by atoms with E-state index in [0.29, 0.717) is 21.8 Å². The molecule has 5 nitrogen and oxygen atoms in total. The number of benzene rings is 3. The lowest BCUT2D eigenvalue weighted by molar-refractivity contribution is 0.102. The Kier molecular flexibility index (Phi) is 6.51. The molecule has 0 radical (unpaired) electrons. The molecule has 1 aromatic heterocycles. The summed E-state index contributed by atoms with van der Waals surface area (Å²) in [6, 6.07) is 22.2. The number of nitrogens with one attached hydrogen (secondary N) is 1. The molecule has 0 saturated heterocycles. The zero-order chi connectivity index (χ0) is 23.6. The second-order valence-electron chi connectivity index (χ2n) is 7.33. The number of pyridine rings is 1. The van der Waals surface area contributed by atoms with Crippen LogP contribution in [-0.4, -0.2) is 25.6 Å². The lowest BCUT2D eigenvalue weighted by Crippen LogP contribution is -2.14. The Morgan fingerprint density at radius 2 is 1.67 bits per heavy atom. The van der Waals surface area contributed by atoms with E-state index < -0.39 is 15.7 Å². The quantitative estimate of drug-likeness (QED) is 0.347. The maximum Gasteiger partial charge on any atom is 0.256 e. The summed E-state index contributed by atoms with van der Waals surface area (Å²) in [5.41, 5.74) is 3.27. The van der Waals surface area contributed by atoms with Gasteiger partial charge in [0.2, 0.25) is 0 Å². The number of halogens is 2. The van der Waals surface area contributed by atoms with Crippen molar-refractivity contribution < 1.29 is 13.2 Å². The van der Waals surface area contributed by atoms with Gasteiger partial charge in [-0.3, -0.25) is 9.78 Å². The molecule has 4 rings (SSSR count). The number of carbonyl (C=O) groups excluding carboxylic acids is 1. The van der Waals surface area contributed by atoms with Crippen LogP contribution < -0.4 is 5.32 Å². The SMILES string of the molecule is CS(=O)(=O)c1ccc(C(=O)Nc2cccc(-c3ccccn3)c2)c(-c2cccc(Cl)c2Cl)c1. The van der Waals surface area contributed by atoms with Crippen LogP contribution in [0.3, 0.4) is 0 Å². The molecule has 166 valence electrons. The van der Waals surface area contributed by atoms with Gasteiger partial charge in [0.1, 0.15) is 0 Å². The first kappa shape index (κ1) is 23.0. The van der Waals surface area contributed by atoms with E-state index in [1.54, 1.807) is 30.5 Å². The molecule has 0 spiro atoms. The van der Waals surface area contributed by atoms with Crippen LogP contribution in [-0.2, 0) is 9.84 Å². The molecule has 0 aliphatic heterocycles. The van der Waals surface area contributed by atoms with E-state index in [1.807, 2.05) is 36.4 Å². The van der Waals surface area contributed by atoms with Crippen LogP contribution in [0.25, 0.3) is 22.4 Å². The van der Waals surface area contributed by atoms with Gasteiger partial charge in [0.15, 0.2) is 9.84 Å². The Hall–Kier alpha value is -3.19. The van der Waals surface area contributed by atoms with Gasteiger partial charge >= 0.3 is 0 Å². The molecule has 0 saturated carbocycles. The van der Waals surface area contributed by atoms with Gasteiger partial charge in [0, 0.05) is 34.8 Å². The Morgan fingerprint density at radius 3 is 2.39 bits per heavy atom. The molecule has 0 aliphatic carbocycles. The fourth-order valence-corrected chi connectivity index (χ4v) is 4.42. The van der Waals surface area contributed by atoms with Crippen molar-refractivity contribution in [3.63, 3.8) is 0 Å². The lowest BCUT2D eigenvalue weighted by Gasteiger charge is -2.14. The highest BCUT2D eigenvalue weighted by Gasteiger charge is 2.20. The summed E-state index contributed by atoms with van der Waals surface area (Å²) in [6.45, 7) is 0. The highest BCUT2D eigenvalue weighted by molar-refractivity contribution is 7.90. The van der Waals surface area contributed by atoms with E-state index in [1.165, 1.54) is 18.2 Å². The van der Waals surface area contributed by atoms with E-state index in [4.69, 9.17) is 23.2 Å². The average molecular weight is 497 g/mol. The minimum Gasteiger partial charge on any atom is -0.322 e. The standard InChI is InChI=1S/C25H18Cl2N2O3S/c1-33(31,32)18-11-12-20(21(15-18)19-8-5-9-22(26)24(19)27)25(30)29-17-7-4-6-16(14-17)23-10-2-3-13-28-23/h2-15H,1H3,(H,29,30). The molecular weight excluding hydrogens is 479 g/mol. The van der Waals surface area contributed by atoms with Crippen LogP contribution >= 0.6 is 23.2 Å². The third-order valence-electron chi connectivity index (χ3n) is 4.99. The zero-order valence-corrected chi connectivity index (χ0v) is 19.7. The summed E-state index contributed by atoms with van der Waals surface area (Å²) < 4.78 is 24.3. The number of amides is 1. The Labute approximate surface area is 201 Å². The van der Waals surface area contributed by atoms with Gasteiger partial charge in [-0.25, -0.2) is 8.42 Å². The normalized spacial score (nSPS) is 11.2. The van der Waals surface area contributed by atoms with E-state index in [2.05, 4.69) is 10.3 Å².